The number of aliphatic hydroxyl groups excluding tert-OH is 1. The average molecular weight is 199 g/mol. The first-order valence-corrected chi connectivity index (χ1v) is 4.56. The highest BCUT2D eigenvalue weighted by atomic mass is 19.1. The van der Waals surface area contributed by atoms with Crippen LogP contribution in [0.3, 0.4) is 0 Å². The highest BCUT2D eigenvalue weighted by Crippen LogP contribution is 2.25. The summed E-state index contributed by atoms with van der Waals surface area (Å²) in [6.07, 6.45) is 1.06. The fourth-order valence-electron chi connectivity index (χ4n) is 1.46. The molecule has 1 fully saturated rings. The van der Waals surface area contributed by atoms with Crippen LogP contribution in [0.2, 0.25) is 0 Å². The number of benzene rings is 1. The Balaban J connectivity index is 2.11. The van der Waals surface area contributed by atoms with E-state index in [9.17, 15) is 13.9 Å². The van der Waals surface area contributed by atoms with Crippen LogP contribution in [0.4, 0.5) is 14.5 Å². The van der Waals surface area contributed by atoms with Gasteiger partial charge in [0, 0.05) is 0 Å². The molecule has 1 saturated carbocycles. The number of anilines is 1. The van der Waals surface area contributed by atoms with E-state index in [-0.39, 0.29) is 11.7 Å². The summed E-state index contributed by atoms with van der Waals surface area (Å²) in [6.45, 7) is 0. The molecule has 0 heterocycles. The minimum atomic E-state index is -0.495. The molecule has 14 heavy (non-hydrogen) atoms. The third-order valence-corrected chi connectivity index (χ3v) is 2.51. The number of halogens is 2. The molecule has 76 valence electrons. The zero-order valence-electron chi connectivity index (χ0n) is 7.50. The third-order valence-electron chi connectivity index (χ3n) is 2.51. The van der Waals surface area contributed by atoms with Gasteiger partial charge in [-0.05, 0) is 31.0 Å². The van der Waals surface area contributed by atoms with Crippen molar-refractivity contribution in [3.63, 3.8) is 0 Å². The molecule has 0 spiro atoms. The molecule has 0 radical (unpaired) electrons. The maximum atomic E-state index is 13.1. The van der Waals surface area contributed by atoms with E-state index in [0.29, 0.717) is 6.42 Å². The molecule has 0 amide bonds. The highest BCUT2D eigenvalue weighted by Gasteiger charge is 2.29. The molecular formula is C10H11F2NO. The van der Waals surface area contributed by atoms with Crippen molar-refractivity contribution in [3.8, 4) is 0 Å². The Morgan fingerprint density at radius 2 is 2.07 bits per heavy atom. The fourth-order valence-corrected chi connectivity index (χ4v) is 1.46. The maximum absolute atomic E-state index is 13.1. The molecule has 4 heteroatoms. The Kier molecular flexibility index (Phi) is 2.37. The number of hydrogen-bond acceptors (Lipinski definition) is 2. The summed E-state index contributed by atoms with van der Waals surface area (Å²) < 4.78 is 25.9. The number of aliphatic hydroxyl groups is 1. The first-order valence-electron chi connectivity index (χ1n) is 4.56. The van der Waals surface area contributed by atoms with Crippen LogP contribution in [0.5, 0.6) is 0 Å². The lowest BCUT2D eigenvalue weighted by Crippen LogP contribution is -2.42. The van der Waals surface area contributed by atoms with Gasteiger partial charge in [-0.1, -0.05) is 0 Å². The second-order valence-corrected chi connectivity index (χ2v) is 3.52. The van der Waals surface area contributed by atoms with Gasteiger partial charge in [-0.2, -0.15) is 0 Å². The highest BCUT2D eigenvalue weighted by molar-refractivity contribution is 5.46. The molecule has 2 nitrogen and oxygen atoms in total. The SMILES string of the molecule is O[C@@H]1CC[C@H]1Nc1cc(F)ccc1F. The van der Waals surface area contributed by atoms with Gasteiger partial charge < -0.3 is 10.4 Å². The van der Waals surface area contributed by atoms with E-state index in [1.54, 1.807) is 0 Å². The van der Waals surface area contributed by atoms with Crippen molar-refractivity contribution in [1.29, 1.82) is 0 Å². The number of nitrogens with one attached hydrogen (secondary N) is 1. The summed E-state index contributed by atoms with van der Waals surface area (Å²) in [5.41, 5.74) is 0.119. The molecular weight excluding hydrogens is 188 g/mol. The van der Waals surface area contributed by atoms with E-state index in [1.165, 1.54) is 0 Å². The standard InChI is InChI=1S/C10H11F2NO/c11-6-1-2-7(12)9(5-6)13-8-3-4-10(8)14/h1-2,5,8,10,13-14H,3-4H2/t8-,10-/m1/s1. The Morgan fingerprint density at radius 1 is 1.29 bits per heavy atom. The monoisotopic (exact) mass is 199 g/mol. The molecule has 0 aliphatic heterocycles. The molecule has 1 aliphatic rings. The molecule has 0 saturated heterocycles. The van der Waals surface area contributed by atoms with Crippen LogP contribution in [-0.4, -0.2) is 17.3 Å². The summed E-state index contributed by atoms with van der Waals surface area (Å²) in [5.74, 6) is -0.979. The molecule has 1 aromatic carbocycles. The molecule has 2 rings (SSSR count). The second kappa shape index (κ2) is 3.53. The van der Waals surface area contributed by atoms with Crippen molar-refractivity contribution in [2.75, 3.05) is 5.32 Å². The van der Waals surface area contributed by atoms with Crippen LogP contribution in [0, 0.1) is 11.6 Å². The van der Waals surface area contributed by atoms with Gasteiger partial charge in [0.15, 0.2) is 0 Å². The quantitative estimate of drug-likeness (QED) is 0.762. The summed E-state index contributed by atoms with van der Waals surface area (Å²) in [6, 6.07) is 3.09. The third kappa shape index (κ3) is 1.70. The molecule has 0 unspecified atom stereocenters. The van der Waals surface area contributed by atoms with E-state index in [1.807, 2.05) is 0 Å². The zero-order chi connectivity index (χ0) is 10.1. The molecule has 2 atom stereocenters. The van der Waals surface area contributed by atoms with Crippen LogP contribution in [0.1, 0.15) is 12.8 Å². The van der Waals surface area contributed by atoms with Crippen molar-refractivity contribution < 1.29 is 13.9 Å². The number of hydrogen-bond donors (Lipinski definition) is 2. The topological polar surface area (TPSA) is 32.3 Å². The van der Waals surface area contributed by atoms with Gasteiger partial charge in [-0.3, -0.25) is 0 Å². The molecule has 0 aromatic heterocycles. The molecule has 1 aliphatic carbocycles. The van der Waals surface area contributed by atoms with Crippen molar-refractivity contribution in [1.82, 2.24) is 0 Å². The van der Waals surface area contributed by atoms with Gasteiger partial charge in [0.2, 0.25) is 0 Å². The second-order valence-electron chi connectivity index (χ2n) is 3.52. The first-order chi connectivity index (χ1) is 6.66. The number of rotatable bonds is 2. The van der Waals surface area contributed by atoms with Crippen LogP contribution in [0.15, 0.2) is 18.2 Å². The van der Waals surface area contributed by atoms with Gasteiger partial charge in [0.25, 0.3) is 0 Å². The Labute approximate surface area is 80.6 Å². The predicted molar refractivity (Wildman–Crippen MR) is 49.0 cm³/mol. The lowest BCUT2D eigenvalue weighted by Gasteiger charge is -2.33. The first kappa shape index (κ1) is 9.40. The lowest BCUT2D eigenvalue weighted by atomic mass is 9.89. The van der Waals surface area contributed by atoms with Gasteiger partial charge in [0.1, 0.15) is 11.6 Å². The van der Waals surface area contributed by atoms with Crippen LogP contribution < -0.4 is 5.32 Å². The van der Waals surface area contributed by atoms with Gasteiger partial charge in [-0.25, -0.2) is 8.78 Å². The van der Waals surface area contributed by atoms with Crippen molar-refractivity contribution in [3.05, 3.63) is 29.8 Å². The fraction of sp³-hybridized carbons (Fsp3) is 0.400. The Hall–Kier alpha value is -1.16. The average Bonchev–Trinajstić information content (AvgIpc) is 2.17. The zero-order valence-corrected chi connectivity index (χ0v) is 7.50. The smallest absolute Gasteiger partial charge is 0.146 e. The minimum Gasteiger partial charge on any atom is -0.391 e. The summed E-state index contributed by atoms with van der Waals surface area (Å²) in [5, 5.41) is 12.0. The maximum Gasteiger partial charge on any atom is 0.146 e. The van der Waals surface area contributed by atoms with E-state index < -0.39 is 17.7 Å². The van der Waals surface area contributed by atoms with Crippen LogP contribution >= 0.6 is 0 Å². The van der Waals surface area contributed by atoms with E-state index >= 15 is 0 Å². The van der Waals surface area contributed by atoms with Crippen molar-refractivity contribution in [2.45, 2.75) is 25.0 Å². The van der Waals surface area contributed by atoms with Crippen LogP contribution in [-0.2, 0) is 0 Å². The molecule has 2 N–H and O–H groups in total. The van der Waals surface area contributed by atoms with Gasteiger partial charge in [-0.15, -0.1) is 0 Å². The molecule has 0 bridgehead atoms. The summed E-state index contributed by atoms with van der Waals surface area (Å²) in [7, 11) is 0. The van der Waals surface area contributed by atoms with E-state index in [4.69, 9.17) is 0 Å². The largest absolute Gasteiger partial charge is 0.391 e. The van der Waals surface area contributed by atoms with E-state index in [2.05, 4.69) is 5.32 Å². The van der Waals surface area contributed by atoms with Crippen molar-refractivity contribution >= 4 is 5.69 Å². The predicted octanol–water partition coefficient (Wildman–Crippen LogP) is 1.90. The van der Waals surface area contributed by atoms with E-state index in [0.717, 1.165) is 24.6 Å². The van der Waals surface area contributed by atoms with Gasteiger partial charge in [0.05, 0.1) is 17.8 Å². The van der Waals surface area contributed by atoms with Gasteiger partial charge >= 0.3 is 0 Å². The Morgan fingerprint density at radius 3 is 2.64 bits per heavy atom. The normalized spacial score (nSPS) is 25.6. The lowest BCUT2D eigenvalue weighted by molar-refractivity contribution is 0.0784. The van der Waals surface area contributed by atoms with Crippen molar-refractivity contribution in [2.24, 2.45) is 0 Å². The summed E-state index contributed by atoms with van der Waals surface area (Å²) in [4.78, 5) is 0. The van der Waals surface area contributed by atoms with Crippen LogP contribution in [0.25, 0.3) is 0 Å². The minimum absolute atomic E-state index is 0.119. The summed E-state index contributed by atoms with van der Waals surface area (Å²) >= 11 is 0. The molecule has 1 aromatic rings. The Bertz CT molecular complexity index is 343.